The Morgan fingerprint density at radius 2 is 2.00 bits per heavy atom. The summed E-state index contributed by atoms with van der Waals surface area (Å²) in [5.74, 6) is 0.887. The average Bonchev–Trinajstić information content (AvgIpc) is 2.43. The van der Waals surface area contributed by atoms with Crippen LogP contribution >= 0.6 is 0 Å². The molecule has 5 nitrogen and oxygen atoms in total. The van der Waals surface area contributed by atoms with Crippen LogP contribution in [0, 0.1) is 0 Å². The normalized spacial score (nSPS) is 12.2. The Kier molecular flexibility index (Phi) is 6.15. The largest absolute Gasteiger partial charge is 0.492 e. The van der Waals surface area contributed by atoms with Gasteiger partial charge in [-0.25, -0.2) is 0 Å². The van der Waals surface area contributed by atoms with Crippen LogP contribution in [0.5, 0.6) is 5.75 Å². The lowest BCUT2D eigenvalue weighted by atomic mass is 10.2. The van der Waals surface area contributed by atoms with Crippen molar-refractivity contribution in [3.8, 4) is 5.75 Å². The van der Waals surface area contributed by atoms with Crippen molar-refractivity contribution in [1.82, 2.24) is 4.90 Å². The van der Waals surface area contributed by atoms with Gasteiger partial charge < -0.3 is 15.7 Å². The number of oxime groups is 1. The molecule has 0 saturated carbocycles. The van der Waals surface area contributed by atoms with Crippen LogP contribution in [-0.2, 0) is 0 Å². The van der Waals surface area contributed by atoms with Crippen LogP contribution in [0.3, 0.4) is 0 Å². The zero-order chi connectivity index (χ0) is 14.3. The molecular formula is C14H23N3O2. The molecule has 0 aliphatic rings. The number of nitrogens with zero attached hydrogens (tertiary/aromatic N) is 2. The van der Waals surface area contributed by atoms with Crippen molar-refractivity contribution in [2.45, 2.75) is 26.8 Å². The van der Waals surface area contributed by atoms with Gasteiger partial charge >= 0.3 is 0 Å². The maximum absolute atomic E-state index is 8.57. The molecule has 0 bridgehead atoms. The summed E-state index contributed by atoms with van der Waals surface area (Å²) in [6, 6.07) is 7.70. The second-order valence-electron chi connectivity index (χ2n) is 4.58. The molecule has 3 N–H and O–H groups in total. The number of hydrogen-bond acceptors (Lipinski definition) is 4. The summed E-state index contributed by atoms with van der Waals surface area (Å²) >= 11 is 0. The van der Waals surface area contributed by atoms with E-state index in [2.05, 4.69) is 30.8 Å². The van der Waals surface area contributed by atoms with E-state index < -0.39 is 0 Å². The quantitative estimate of drug-likeness (QED) is 0.342. The van der Waals surface area contributed by atoms with Crippen molar-refractivity contribution in [2.75, 3.05) is 19.7 Å². The molecule has 0 atom stereocenters. The van der Waals surface area contributed by atoms with E-state index in [4.69, 9.17) is 15.7 Å². The first-order valence-electron chi connectivity index (χ1n) is 6.53. The van der Waals surface area contributed by atoms with Crippen molar-refractivity contribution < 1.29 is 9.94 Å². The van der Waals surface area contributed by atoms with E-state index in [1.807, 2.05) is 12.1 Å². The summed E-state index contributed by atoms with van der Waals surface area (Å²) in [7, 11) is 0. The Hall–Kier alpha value is -1.75. The van der Waals surface area contributed by atoms with Gasteiger partial charge in [-0.2, -0.15) is 0 Å². The molecule has 1 aromatic rings. The maximum atomic E-state index is 8.57. The predicted octanol–water partition coefficient (Wildman–Crippen LogP) is 1.89. The molecule has 0 aliphatic carbocycles. The second kappa shape index (κ2) is 7.63. The van der Waals surface area contributed by atoms with E-state index >= 15 is 0 Å². The van der Waals surface area contributed by atoms with Crippen molar-refractivity contribution in [3.05, 3.63) is 29.8 Å². The van der Waals surface area contributed by atoms with Gasteiger partial charge in [0.15, 0.2) is 5.84 Å². The molecule has 19 heavy (non-hydrogen) atoms. The lowest BCUT2D eigenvalue weighted by Gasteiger charge is -2.24. The highest BCUT2D eigenvalue weighted by Crippen LogP contribution is 2.12. The highest BCUT2D eigenvalue weighted by molar-refractivity contribution is 5.97. The molecule has 0 aliphatic heterocycles. The molecule has 1 aromatic carbocycles. The Morgan fingerprint density at radius 3 is 2.47 bits per heavy atom. The van der Waals surface area contributed by atoms with Crippen LogP contribution in [0.4, 0.5) is 0 Å². The van der Waals surface area contributed by atoms with Gasteiger partial charge in [0.25, 0.3) is 0 Å². The van der Waals surface area contributed by atoms with E-state index in [9.17, 15) is 0 Å². The van der Waals surface area contributed by atoms with Crippen molar-refractivity contribution in [3.63, 3.8) is 0 Å². The third-order valence-electron chi connectivity index (χ3n) is 3.04. The molecule has 0 aromatic heterocycles. The van der Waals surface area contributed by atoms with E-state index in [1.165, 1.54) is 0 Å². The van der Waals surface area contributed by atoms with E-state index in [0.717, 1.165) is 18.8 Å². The van der Waals surface area contributed by atoms with Gasteiger partial charge in [0.05, 0.1) is 0 Å². The lowest BCUT2D eigenvalue weighted by Crippen LogP contribution is -2.34. The first-order valence-corrected chi connectivity index (χ1v) is 6.53. The Labute approximate surface area is 114 Å². The second-order valence-corrected chi connectivity index (χ2v) is 4.58. The molecule has 0 unspecified atom stereocenters. The smallest absolute Gasteiger partial charge is 0.170 e. The minimum absolute atomic E-state index is 0.100. The van der Waals surface area contributed by atoms with Crippen LogP contribution in [0.1, 0.15) is 26.3 Å². The van der Waals surface area contributed by atoms with Gasteiger partial charge in [-0.1, -0.05) is 12.1 Å². The van der Waals surface area contributed by atoms with Crippen molar-refractivity contribution in [1.29, 1.82) is 0 Å². The van der Waals surface area contributed by atoms with Crippen molar-refractivity contribution >= 4 is 5.84 Å². The molecule has 0 saturated heterocycles. The zero-order valence-corrected chi connectivity index (χ0v) is 11.8. The maximum Gasteiger partial charge on any atom is 0.170 e. The Bertz CT molecular complexity index is 402. The highest BCUT2D eigenvalue weighted by atomic mass is 16.5. The number of benzene rings is 1. The predicted molar refractivity (Wildman–Crippen MR) is 76.8 cm³/mol. The molecule has 0 radical (unpaired) electrons. The summed E-state index contributed by atoms with van der Waals surface area (Å²) in [5.41, 5.74) is 6.16. The first-order chi connectivity index (χ1) is 9.08. The Balaban J connectivity index is 2.46. The highest BCUT2D eigenvalue weighted by Gasteiger charge is 2.06. The lowest BCUT2D eigenvalue weighted by molar-refractivity contribution is 0.183. The van der Waals surface area contributed by atoms with E-state index in [1.54, 1.807) is 12.1 Å². The van der Waals surface area contributed by atoms with Crippen LogP contribution in [0.15, 0.2) is 29.4 Å². The summed E-state index contributed by atoms with van der Waals surface area (Å²) in [6.45, 7) is 9.06. The minimum Gasteiger partial charge on any atom is -0.492 e. The SMILES string of the molecule is CCN(CCOc1ccc(/C(N)=N/O)cc1)C(C)C. The average molecular weight is 265 g/mol. The first kappa shape index (κ1) is 15.3. The number of likely N-dealkylation sites (N-methyl/N-ethyl adjacent to an activating group) is 1. The number of hydrogen-bond donors (Lipinski definition) is 2. The van der Waals surface area contributed by atoms with E-state index in [0.29, 0.717) is 18.2 Å². The zero-order valence-electron chi connectivity index (χ0n) is 11.8. The fourth-order valence-corrected chi connectivity index (χ4v) is 1.84. The third-order valence-corrected chi connectivity index (χ3v) is 3.04. The molecule has 0 heterocycles. The van der Waals surface area contributed by atoms with Crippen LogP contribution in [-0.4, -0.2) is 41.7 Å². The molecular weight excluding hydrogens is 242 g/mol. The van der Waals surface area contributed by atoms with Gasteiger partial charge in [-0.3, -0.25) is 4.90 Å². The van der Waals surface area contributed by atoms with Gasteiger partial charge in [0.1, 0.15) is 12.4 Å². The van der Waals surface area contributed by atoms with Gasteiger partial charge in [0, 0.05) is 18.2 Å². The Morgan fingerprint density at radius 1 is 1.37 bits per heavy atom. The number of ether oxygens (including phenoxy) is 1. The molecule has 106 valence electrons. The van der Waals surface area contributed by atoms with Crippen LogP contribution < -0.4 is 10.5 Å². The fourth-order valence-electron chi connectivity index (χ4n) is 1.84. The molecule has 0 amide bonds. The molecule has 0 fully saturated rings. The standard InChI is InChI=1S/C14H23N3O2/c1-4-17(11(2)3)9-10-19-13-7-5-12(6-8-13)14(15)16-18/h5-8,11,18H,4,9-10H2,1-3H3,(H2,15,16). The summed E-state index contributed by atoms with van der Waals surface area (Å²) in [5, 5.41) is 11.5. The monoisotopic (exact) mass is 265 g/mol. The van der Waals surface area contributed by atoms with Gasteiger partial charge in [-0.15, -0.1) is 0 Å². The van der Waals surface area contributed by atoms with Gasteiger partial charge in [-0.05, 0) is 44.7 Å². The van der Waals surface area contributed by atoms with Crippen molar-refractivity contribution in [2.24, 2.45) is 10.9 Å². The number of nitrogens with two attached hydrogens (primary N) is 1. The number of amidine groups is 1. The molecule has 5 heteroatoms. The summed E-state index contributed by atoms with van der Waals surface area (Å²) in [6.07, 6.45) is 0. The summed E-state index contributed by atoms with van der Waals surface area (Å²) in [4.78, 5) is 2.34. The van der Waals surface area contributed by atoms with E-state index in [-0.39, 0.29) is 5.84 Å². The van der Waals surface area contributed by atoms with Gasteiger partial charge in [0.2, 0.25) is 0 Å². The topological polar surface area (TPSA) is 71.1 Å². The van der Waals surface area contributed by atoms with Crippen LogP contribution in [0.2, 0.25) is 0 Å². The minimum atomic E-state index is 0.100. The molecule has 1 rings (SSSR count). The third kappa shape index (κ3) is 4.79. The van der Waals surface area contributed by atoms with Crippen LogP contribution in [0.25, 0.3) is 0 Å². The number of rotatable bonds is 7. The fraction of sp³-hybridized carbons (Fsp3) is 0.500. The molecule has 0 spiro atoms. The summed E-state index contributed by atoms with van der Waals surface area (Å²) < 4.78 is 5.67.